The van der Waals surface area contributed by atoms with E-state index in [9.17, 15) is 22.8 Å². The Morgan fingerprint density at radius 1 is 1.00 bits per heavy atom. The Morgan fingerprint density at radius 3 is 2.15 bits per heavy atom. The van der Waals surface area contributed by atoms with Crippen LogP contribution in [0.25, 0.3) is 0 Å². The fourth-order valence-electron chi connectivity index (χ4n) is 4.52. The van der Waals surface area contributed by atoms with Crippen molar-refractivity contribution in [2.45, 2.75) is 31.7 Å². The number of alkyl halides is 3. The Kier molecular flexibility index (Phi) is 7.92. The number of carbonyl (C=O) groups is 2. The minimum atomic E-state index is -5.03. The number of esters is 1. The van der Waals surface area contributed by atoms with Crippen molar-refractivity contribution in [2.24, 2.45) is 11.8 Å². The normalized spacial score (nSPS) is 21.2. The number of rotatable bonds is 8. The molecule has 0 bridgehead atoms. The molecule has 2 aromatic rings. The van der Waals surface area contributed by atoms with Gasteiger partial charge in [-0.25, -0.2) is 0 Å². The lowest BCUT2D eigenvalue weighted by Gasteiger charge is -2.42. The zero-order valence-corrected chi connectivity index (χ0v) is 18.7. The Morgan fingerprint density at radius 2 is 1.61 bits per heavy atom. The summed E-state index contributed by atoms with van der Waals surface area (Å²) in [7, 11) is 0.877. The van der Waals surface area contributed by atoms with Crippen LogP contribution in [0.1, 0.15) is 24.5 Å². The number of halogens is 3. The number of benzene rings is 2. The number of likely N-dealkylation sites (tertiary alicyclic amines) is 1. The number of piperidine rings is 1. The maximum Gasteiger partial charge on any atom is 0.428 e. The van der Waals surface area contributed by atoms with Crippen LogP contribution in [0.4, 0.5) is 13.2 Å². The van der Waals surface area contributed by atoms with Gasteiger partial charge in [0.2, 0.25) is 5.60 Å². The largest absolute Gasteiger partial charge is 0.466 e. The van der Waals surface area contributed by atoms with Gasteiger partial charge in [0.15, 0.2) is 5.78 Å². The molecule has 33 heavy (non-hydrogen) atoms. The fraction of sp³-hybridized carbons (Fsp3) is 0.440. The Balaban J connectivity index is 2.01. The van der Waals surface area contributed by atoms with E-state index in [2.05, 4.69) is 0 Å². The Labute approximate surface area is 191 Å². The second-order valence-electron chi connectivity index (χ2n) is 8.09. The van der Waals surface area contributed by atoms with Gasteiger partial charge >= 0.3 is 12.1 Å². The van der Waals surface area contributed by atoms with Gasteiger partial charge in [0, 0.05) is 31.7 Å². The highest BCUT2D eigenvalue weighted by Gasteiger charge is 2.64. The third-order valence-electron chi connectivity index (χ3n) is 6.10. The van der Waals surface area contributed by atoms with Crippen molar-refractivity contribution >= 4 is 11.8 Å². The van der Waals surface area contributed by atoms with Crippen molar-refractivity contribution in [1.82, 2.24) is 4.90 Å². The van der Waals surface area contributed by atoms with Crippen molar-refractivity contribution in [1.29, 1.82) is 0 Å². The van der Waals surface area contributed by atoms with Crippen LogP contribution in [-0.2, 0) is 31.2 Å². The lowest BCUT2D eigenvalue weighted by atomic mass is 9.74. The van der Waals surface area contributed by atoms with Gasteiger partial charge in [-0.2, -0.15) is 13.2 Å². The van der Waals surface area contributed by atoms with Crippen LogP contribution in [-0.4, -0.2) is 49.6 Å². The molecule has 1 aliphatic rings. The number of nitrogens with zero attached hydrogens (tertiary/aromatic N) is 1. The van der Waals surface area contributed by atoms with Crippen molar-refractivity contribution < 1.29 is 32.2 Å². The highest BCUT2D eigenvalue weighted by Crippen LogP contribution is 2.46. The summed E-state index contributed by atoms with van der Waals surface area (Å²) in [5.74, 6) is -4.07. The van der Waals surface area contributed by atoms with Gasteiger partial charge in [-0.1, -0.05) is 60.7 Å². The second-order valence-corrected chi connectivity index (χ2v) is 8.09. The van der Waals surface area contributed by atoms with E-state index in [4.69, 9.17) is 9.47 Å². The SMILES string of the molecule is CCOC(=O)[C@@H]1CCN(Cc2ccccc2)C[C@@H]1C(=O)[C@@](OC)(c1ccccc1)C(F)(F)F. The summed E-state index contributed by atoms with van der Waals surface area (Å²) in [6.45, 7) is 2.61. The summed E-state index contributed by atoms with van der Waals surface area (Å²) in [5, 5.41) is 0. The third kappa shape index (κ3) is 5.12. The first-order valence-corrected chi connectivity index (χ1v) is 10.9. The summed E-state index contributed by atoms with van der Waals surface area (Å²) in [6.07, 6.45) is -4.81. The minimum absolute atomic E-state index is 0.00870. The quantitative estimate of drug-likeness (QED) is 0.545. The molecule has 0 amide bonds. The van der Waals surface area contributed by atoms with Crippen LogP contribution in [0, 0.1) is 11.8 Å². The average Bonchev–Trinajstić information content (AvgIpc) is 2.80. The van der Waals surface area contributed by atoms with Gasteiger partial charge in [-0.05, 0) is 25.5 Å². The molecule has 178 valence electrons. The molecule has 0 spiro atoms. The molecule has 0 aromatic heterocycles. The lowest BCUT2D eigenvalue weighted by molar-refractivity contribution is -0.267. The molecule has 1 heterocycles. The summed E-state index contributed by atoms with van der Waals surface area (Å²) in [5.41, 5.74) is -2.53. The van der Waals surface area contributed by atoms with Crippen LogP contribution in [0.5, 0.6) is 0 Å². The van der Waals surface area contributed by atoms with Gasteiger partial charge in [0.1, 0.15) is 0 Å². The van der Waals surface area contributed by atoms with E-state index in [1.807, 2.05) is 35.2 Å². The minimum Gasteiger partial charge on any atom is -0.466 e. The third-order valence-corrected chi connectivity index (χ3v) is 6.10. The van der Waals surface area contributed by atoms with Gasteiger partial charge in [0.25, 0.3) is 0 Å². The maximum absolute atomic E-state index is 14.5. The monoisotopic (exact) mass is 463 g/mol. The van der Waals surface area contributed by atoms with E-state index in [-0.39, 0.29) is 25.1 Å². The standard InChI is InChI=1S/C25H28F3NO4/c1-3-33-23(31)20-14-15-29(16-18-10-6-4-7-11-18)17-21(20)22(30)24(32-2,25(26,27)28)19-12-8-5-9-13-19/h4-13,20-21H,3,14-17H2,1-2H3/t20-,21+,24+/m1/s1. The lowest BCUT2D eigenvalue weighted by Crippen LogP contribution is -2.58. The number of ketones is 1. The Bertz CT molecular complexity index is 936. The average molecular weight is 463 g/mol. The van der Waals surface area contributed by atoms with Gasteiger partial charge in [-0.15, -0.1) is 0 Å². The Hall–Kier alpha value is -2.71. The summed E-state index contributed by atoms with van der Waals surface area (Å²) < 4.78 is 53.7. The molecule has 3 atom stereocenters. The molecule has 0 radical (unpaired) electrons. The van der Waals surface area contributed by atoms with Crippen LogP contribution in [0.15, 0.2) is 60.7 Å². The first kappa shape index (κ1) is 24.9. The molecular formula is C25H28F3NO4. The molecule has 2 aromatic carbocycles. The second kappa shape index (κ2) is 10.5. The molecule has 3 rings (SSSR count). The van der Waals surface area contributed by atoms with E-state index in [0.29, 0.717) is 13.1 Å². The molecule has 0 unspecified atom stereocenters. The highest BCUT2D eigenvalue weighted by molar-refractivity contribution is 5.95. The van der Waals surface area contributed by atoms with E-state index >= 15 is 0 Å². The molecule has 8 heteroatoms. The molecule has 1 fully saturated rings. The van der Waals surface area contributed by atoms with E-state index in [1.165, 1.54) is 24.3 Å². The van der Waals surface area contributed by atoms with Crippen LogP contribution < -0.4 is 0 Å². The predicted molar refractivity (Wildman–Crippen MR) is 116 cm³/mol. The highest BCUT2D eigenvalue weighted by atomic mass is 19.4. The topological polar surface area (TPSA) is 55.8 Å². The fourth-order valence-corrected chi connectivity index (χ4v) is 4.52. The first-order chi connectivity index (χ1) is 15.7. The van der Waals surface area contributed by atoms with Crippen LogP contribution >= 0.6 is 0 Å². The smallest absolute Gasteiger partial charge is 0.428 e. The van der Waals surface area contributed by atoms with Crippen molar-refractivity contribution in [3.63, 3.8) is 0 Å². The molecule has 0 saturated carbocycles. The molecular weight excluding hydrogens is 435 g/mol. The predicted octanol–water partition coefficient (Wildman–Crippen LogP) is 4.36. The van der Waals surface area contributed by atoms with Crippen LogP contribution in [0.2, 0.25) is 0 Å². The first-order valence-electron chi connectivity index (χ1n) is 10.9. The van der Waals surface area contributed by atoms with Crippen molar-refractivity contribution in [3.8, 4) is 0 Å². The number of carbonyl (C=O) groups excluding carboxylic acids is 2. The molecule has 0 N–H and O–H groups in total. The zero-order valence-electron chi connectivity index (χ0n) is 18.7. The number of methoxy groups -OCH3 is 1. The van der Waals surface area contributed by atoms with Crippen molar-refractivity contribution in [2.75, 3.05) is 26.8 Å². The van der Waals surface area contributed by atoms with E-state index in [0.717, 1.165) is 12.7 Å². The van der Waals surface area contributed by atoms with Gasteiger partial charge in [-0.3, -0.25) is 14.5 Å². The van der Waals surface area contributed by atoms with Crippen molar-refractivity contribution in [3.05, 3.63) is 71.8 Å². The maximum atomic E-state index is 14.5. The molecule has 0 aliphatic carbocycles. The van der Waals surface area contributed by atoms with E-state index < -0.39 is 35.4 Å². The number of ether oxygens (including phenoxy) is 2. The van der Waals surface area contributed by atoms with Crippen LogP contribution in [0.3, 0.4) is 0 Å². The number of hydrogen-bond donors (Lipinski definition) is 0. The molecule has 1 aliphatic heterocycles. The zero-order chi connectivity index (χ0) is 24.1. The number of Topliss-reactive ketones (excluding diaryl/α,β-unsaturated/α-hetero) is 1. The van der Waals surface area contributed by atoms with E-state index in [1.54, 1.807) is 13.0 Å². The molecule has 1 saturated heterocycles. The molecule has 5 nitrogen and oxygen atoms in total. The van der Waals surface area contributed by atoms with Gasteiger partial charge < -0.3 is 9.47 Å². The summed E-state index contributed by atoms with van der Waals surface area (Å²) >= 11 is 0. The number of hydrogen-bond acceptors (Lipinski definition) is 5. The summed E-state index contributed by atoms with van der Waals surface area (Å²) in [6, 6.07) is 16.3. The van der Waals surface area contributed by atoms with Gasteiger partial charge in [0.05, 0.1) is 12.5 Å². The summed E-state index contributed by atoms with van der Waals surface area (Å²) in [4.78, 5) is 28.3.